The molecule has 1 aliphatic rings. The molecule has 126 valence electrons. The average Bonchev–Trinajstić information content (AvgIpc) is 2.60. The van der Waals surface area contributed by atoms with Gasteiger partial charge in [-0.25, -0.2) is 0 Å². The van der Waals surface area contributed by atoms with Crippen LogP contribution in [0.5, 0.6) is 0 Å². The van der Waals surface area contributed by atoms with E-state index in [1.807, 2.05) is 44.3 Å². The lowest BCUT2D eigenvalue weighted by atomic mass is 9.95. The number of amides is 2. The van der Waals surface area contributed by atoms with Gasteiger partial charge >= 0.3 is 0 Å². The molecule has 5 heteroatoms. The monoisotopic (exact) mass is 317 g/mol. The zero-order chi connectivity index (χ0) is 16.8. The standard InChI is InChI=1S/C18H27N3O2/c1-14(21-11-9-16(10-12-21)17(22)19-2)18(23)20(3)13-15-7-5-4-6-8-15/h4-8,14,16H,9-13H2,1-3H3,(H,19,22). The number of nitrogens with zero attached hydrogens (tertiary/aromatic N) is 2. The number of hydrogen-bond acceptors (Lipinski definition) is 3. The number of hydrogen-bond donors (Lipinski definition) is 1. The third kappa shape index (κ3) is 4.55. The molecule has 23 heavy (non-hydrogen) atoms. The van der Waals surface area contributed by atoms with Crippen molar-refractivity contribution in [1.29, 1.82) is 0 Å². The third-order valence-corrected chi connectivity index (χ3v) is 4.69. The fourth-order valence-electron chi connectivity index (χ4n) is 3.16. The molecule has 1 heterocycles. The van der Waals surface area contributed by atoms with Crippen LogP contribution in [0.25, 0.3) is 0 Å². The predicted octanol–water partition coefficient (Wildman–Crippen LogP) is 1.49. The summed E-state index contributed by atoms with van der Waals surface area (Å²) in [5.74, 6) is 0.331. The number of likely N-dealkylation sites (N-methyl/N-ethyl adjacent to an activating group) is 1. The molecule has 0 bridgehead atoms. The minimum atomic E-state index is -0.144. The topological polar surface area (TPSA) is 52.7 Å². The fraction of sp³-hybridized carbons (Fsp3) is 0.556. The van der Waals surface area contributed by atoms with Gasteiger partial charge in [-0.3, -0.25) is 14.5 Å². The van der Waals surface area contributed by atoms with Gasteiger partial charge in [-0.2, -0.15) is 0 Å². The molecule has 0 aromatic heterocycles. The molecule has 1 unspecified atom stereocenters. The highest BCUT2D eigenvalue weighted by atomic mass is 16.2. The van der Waals surface area contributed by atoms with Gasteiger partial charge in [0.1, 0.15) is 0 Å². The van der Waals surface area contributed by atoms with Crippen LogP contribution in [-0.4, -0.2) is 54.8 Å². The van der Waals surface area contributed by atoms with Crippen LogP contribution in [0.4, 0.5) is 0 Å². The lowest BCUT2D eigenvalue weighted by Gasteiger charge is -2.36. The SMILES string of the molecule is CNC(=O)C1CCN(C(C)C(=O)N(C)Cc2ccccc2)CC1. The number of nitrogens with one attached hydrogen (secondary N) is 1. The number of benzene rings is 1. The van der Waals surface area contributed by atoms with E-state index in [2.05, 4.69) is 10.2 Å². The normalized spacial score (nSPS) is 17.5. The van der Waals surface area contributed by atoms with Crippen LogP contribution in [0.15, 0.2) is 30.3 Å². The fourth-order valence-corrected chi connectivity index (χ4v) is 3.16. The second-order valence-corrected chi connectivity index (χ2v) is 6.28. The Hall–Kier alpha value is -1.88. The van der Waals surface area contributed by atoms with E-state index in [-0.39, 0.29) is 23.8 Å². The van der Waals surface area contributed by atoms with Crippen molar-refractivity contribution in [3.63, 3.8) is 0 Å². The molecule has 1 saturated heterocycles. The zero-order valence-corrected chi connectivity index (χ0v) is 14.3. The Kier molecular flexibility index (Phi) is 6.16. The van der Waals surface area contributed by atoms with Gasteiger partial charge in [-0.1, -0.05) is 30.3 Å². The van der Waals surface area contributed by atoms with Crippen LogP contribution >= 0.6 is 0 Å². The number of likely N-dealkylation sites (tertiary alicyclic amines) is 1. The Bertz CT molecular complexity index is 524. The second-order valence-electron chi connectivity index (χ2n) is 6.28. The number of carbonyl (C=O) groups is 2. The van der Waals surface area contributed by atoms with Gasteiger partial charge in [0.25, 0.3) is 0 Å². The Balaban J connectivity index is 1.86. The Morgan fingerprint density at radius 1 is 1.26 bits per heavy atom. The second kappa shape index (κ2) is 8.11. The van der Waals surface area contributed by atoms with Gasteiger partial charge in [0.2, 0.25) is 11.8 Å². The molecule has 1 aromatic rings. The number of carbonyl (C=O) groups excluding carboxylic acids is 2. The van der Waals surface area contributed by atoms with Crippen molar-refractivity contribution in [3.8, 4) is 0 Å². The molecule has 1 aliphatic heterocycles. The van der Waals surface area contributed by atoms with Crippen molar-refractivity contribution in [1.82, 2.24) is 15.1 Å². The summed E-state index contributed by atoms with van der Waals surface area (Å²) in [5, 5.41) is 2.71. The molecule has 1 N–H and O–H groups in total. The average molecular weight is 317 g/mol. The van der Waals surface area contributed by atoms with Gasteiger partial charge in [-0.15, -0.1) is 0 Å². The molecule has 2 rings (SSSR count). The largest absolute Gasteiger partial charge is 0.359 e. The van der Waals surface area contributed by atoms with Crippen LogP contribution in [-0.2, 0) is 16.1 Å². The summed E-state index contributed by atoms with van der Waals surface area (Å²) in [4.78, 5) is 28.3. The molecule has 5 nitrogen and oxygen atoms in total. The maximum absolute atomic E-state index is 12.6. The van der Waals surface area contributed by atoms with E-state index >= 15 is 0 Å². The van der Waals surface area contributed by atoms with E-state index < -0.39 is 0 Å². The summed E-state index contributed by atoms with van der Waals surface area (Å²) in [6.45, 7) is 4.18. The first-order valence-corrected chi connectivity index (χ1v) is 8.27. The summed E-state index contributed by atoms with van der Waals surface area (Å²) in [5.41, 5.74) is 1.13. The first-order valence-electron chi connectivity index (χ1n) is 8.27. The summed E-state index contributed by atoms with van der Waals surface area (Å²) < 4.78 is 0. The molecule has 0 spiro atoms. The molecule has 0 radical (unpaired) electrons. The van der Waals surface area contributed by atoms with E-state index in [0.717, 1.165) is 31.5 Å². The molecular weight excluding hydrogens is 290 g/mol. The van der Waals surface area contributed by atoms with Gasteiger partial charge < -0.3 is 10.2 Å². The molecule has 0 aliphatic carbocycles. The van der Waals surface area contributed by atoms with E-state index in [4.69, 9.17) is 0 Å². The highest BCUT2D eigenvalue weighted by Crippen LogP contribution is 2.20. The van der Waals surface area contributed by atoms with Gasteiger partial charge in [0.05, 0.1) is 6.04 Å². The lowest BCUT2D eigenvalue weighted by Crippen LogP contribution is -2.49. The number of piperidine rings is 1. The summed E-state index contributed by atoms with van der Waals surface area (Å²) in [6, 6.07) is 9.87. The minimum Gasteiger partial charge on any atom is -0.359 e. The van der Waals surface area contributed by atoms with E-state index in [1.54, 1.807) is 11.9 Å². The van der Waals surface area contributed by atoms with Gasteiger partial charge in [0, 0.05) is 26.6 Å². The van der Waals surface area contributed by atoms with Crippen LogP contribution in [0, 0.1) is 5.92 Å². The predicted molar refractivity (Wildman–Crippen MR) is 90.7 cm³/mol. The molecule has 1 aromatic carbocycles. The smallest absolute Gasteiger partial charge is 0.239 e. The van der Waals surface area contributed by atoms with Crippen molar-refractivity contribution in [2.75, 3.05) is 27.2 Å². The third-order valence-electron chi connectivity index (χ3n) is 4.69. The molecule has 2 amide bonds. The van der Waals surface area contributed by atoms with Crippen LogP contribution in [0.2, 0.25) is 0 Å². The lowest BCUT2D eigenvalue weighted by molar-refractivity contribution is -0.136. The van der Waals surface area contributed by atoms with Gasteiger partial charge in [0.15, 0.2) is 0 Å². The Labute approximate surface area is 138 Å². The van der Waals surface area contributed by atoms with E-state index in [9.17, 15) is 9.59 Å². The molecule has 0 saturated carbocycles. The quantitative estimate of drug-likeness (QED) is 0.895. The van der Waals surface area contributed by atoms with Crippen LogP contribution in [0.3, 0.4) is 0 Å². The number of rotatable bonds is 5. The van der Waals surface area contributed by atoms with Crippen molar-refractivity contribution in [2.24, 2.45) is 5.92 Å². The first-order chi connectivity index (χ1) is 11.0. The van der Waals surface area contributed by atoms with Crippen LogP contribution < -0.4 is 5.32 Å². The van der Waals surface area contributed by atoms with Crippen molar-refractivity contribution >= 4 is 11.8 Å². The highest BCUT2D eigenvalue weighted by Gasteiger charge is 2.30. The summed E-state index contributed by atoms with van der Waals surface area (Å²) in [7, 11) is 3.53. The first kappa shape index (κ1) is 17.5. The summed E-state index contributed by atoms with van der Waals surface area (Å²) in [6.07, 6.45) is 1.64. The van der Waals surface area contributed by atoms with E-state index in [1.165, 1.54) is 0 Å². The van der Waals surface area contributed by atoms with Crippen molar-refractivity contribution < 1.29 is 9.59 Å². The molecule has 1 atom stereocenters. The maximum Gasteiger partial charge on any atom is 0.239 e. The van der Waals surface area contributed by atoms with Crippen molar-refractivity contribution in [2.45, 2.75) is 32.4 Å². The Morgan fingerprint density at radius 3 is 2.43 bits per heavy atom. The Morgan fingerprint density at radius 2 is 1.87 bits per heavy atom. The molecule has 1 fully saturated rings. The highest BCUT2D eigenvalue weighted by molar-refractivity contribution is 5.81. The van der Waals surface area contributed by atoms with E-state index in [0.29, 0.717) is 6.54 Å². The molecular formula is C18H27N3O2. The van der Waals surface area contributed by atoms with Crippen molar-refractivity contribution in [3.05, 3.63) is 35.9 Å². The van der Waals surface area contributed by atoms with Crippen LogP contribution in [0.1, 0.15) is 25.3 Å². The maximum atomic E-state index is 12.6. The van der Waals surface area contributed by atoms with Gasteiger partial charge in [-0.05, 0) is 38.4 Å². The zero-order valence-electron chi connectivity index (χ0n) is 14.3. The minimum absolute atomic E-state index is 0.0839. The summed E-state index contributed by atoms with van der Waals surface area (Å²) >= 11 is 0.